The number of nitro groups is 1. The molecular weight excluding hydrogens is 275 g/mol. The fourth-order valence-electron chi connectivity index (χ4n) is 1.13. The Kier molecular flexibility index (Phi) is 7.22. The summed E-state index contributed by atoms with van der Waals surface area (Å²) in [5.74, 6) is -1.10. The summed E-state index contributed by atoms with van der Waals surface area (Å²) >= 11 is 5.74. The zero-order valence-electron chi connectivity index (χ0n) is 8.36. The Morgan fingerprint density at radius 3 is 2.65 bits per heavy atom. The molecule has 0 aliphatic rings. The summed E-state index contributed by atoms with van der Waals surface area (Å²) in [7, 11) is 0. The predicted molar refractivity (Wildman–Crippen MR) is 66.1 cm³/mol. The molecular formula is C9H10ClKN2O4. The van der Waals surface area contributed by atoms with Crippen LogP contribution >= 0.6 is 11.6 Å². The number of hydrogen-bond donors (Lipinski definition) is 2. The van der Waals surface area contributed by atoms with E-state index in [0.29, 0.717) is 5.56 Å². The van der Waals surface area contributed by atoms with Gasteiger partial charge in [-0.3, -0.25) is 14.9 Å². The van der Waals surface area contributed by atoms with Crippen LogP contribution in [0.1, 0.15) is 5.56 Å². The van der Waals surface area contributed by atoms with Crippen molar-refractivity contribution in [3.63, 3.8) is 0 Å². The van der Waals surface area contributed by atoms with Crippen LogP contribution in [0.3, 0.4) is 0 Å². The molecule has 0 fully saturated rings. The number of aryl methyl sites for hydroxylation is 1. The van der Waals surface area contributed by atoms with Crippen LogP contribution in [-0.4, -0.2) is 73.9 Å². The number of benzene rings is 1. The van der Waals surface area contributed by atoms with Crippen molar-refractivity contribution in [2.45, 2.75) is 6.92 Å². The monoisotopic (exact) mass is 284 g/mol. The van der Waals surface area contributed by atoms with Crippen LogP contribution in [0.2, 0.25) is 5.02 Å². The first-order chi connectivity index (χ1) is 7.41. The average Bonchev–Trinajstić information content (AvgIpc) is 2.18. The van der Waals surface area contributed by atoms with Crippen molar-refractivity contribution in [1.29, 1.82) is 0 Å². The number of nitrogens with one attached hydrogen (secondary N) is 1. The summed E-state index contributed by atoms with van der Waals surface area (Å²) in [6.07, 6.45) is 0. The topological polar surface area (TPSA) is 92.5 Å². The summed E-state index contributed by atoms with van der Waals surface area (Å²) in [6.45, 7) is 1.29. The van der Waals surface area contributed by atoms with Gasteiger partial charge < -0.3 is 10.4 Å². The summed E-state index contributed by atoms with van der Waals surface area (Å²) in [6, 6.07) is 2.64. The van der Waals surface area contributed by atoms with Gasteiger partial charge in [-0.1, -0.05) is 11.6 Å². The van der Waals surface area contributed by atoms with Crippen LogP contribution in [0, 0.1) is 17.0 Å². The molecule has 1 rings (SSSR count). The summed E-state index contributed by atoms with van der Waals surface area (Å²) in [4.78, 5) is 20.4. The molecule has 8 heteroatoms. The van der Waals surface area contributed by atoms with E-state index in [1.54, 1.807) is 6.92 Å². The van der Waals surface area contributed by atoms with Crippen LogP contribution in [0.15, 0.2) is 12.1 Å². The van der Waals surface area contributed by atoms with Crippen molar-refractivity contribution < 1.29 is 14.8 Å². The second-order valence-corrected chi connectivity index (χ2v) is 3.53. The second kappa shape index (κ2) is 7.29. The zero-order valence-corrected chi connectivity index (χ0v) is 9.11. The first-order valence-electron chi connectivity index (χ1n) is 4.32. The van der Waals surface area contributed by atoms with Gasteiger partial charge in [-0.25, -0.2) is 0 Å². The first-order valence-corrected chi connectivity index (χ1v) is 4.70. The van der Waals surface area contributed by atoms with E-state index in [2.05, 4.69) is 5.32 Å². The fourth-order valence-corrected chi connectivity index (χ4v) is 1.29. The van der Waals surface area contributed by atoms with E-state index >= 15 is 0 Å². The summed E-state index contributed by atoms with van der Waals surface area (Å²) in [5.41, 5.74) is 0.548. The Bertz CT molecular complexity index is 453. The van der Waals surface area contributed by atoms with Crippen LogP contribution in [0.5, 0.6) is 0 Å². The second-order valence-electron chi connectivity index (χ2n) is 3.12. The van der Waals surface area contributed by atoms with Crippen molar-refractivity contribution >= 4 is 80.3 Å². The molecule has 2 N–H and O–H groups in total. The Morgan fingerprint density at radius 2 is 2.18 bits per heavy atom. The molecule has 0 saturated heterocycles. The third kappa shape index (κ3) is 4.90. The Balaban J connectivity index is 0.00000256. The van der Waals surface area contributed by atoms with E-state index in [1.807, 2.05) is 0 Å². The van der Waals surface area contributed by atoms with Gasteiger partial charge in [-0.05, 0) is 18.6 Å². The zero-order chi connectivity index (χ0) is 12.3. The number of anilines is 1. The molecule has 0 heterocycles. The first kappa shape index (κ1) is 16.8. The van der Waals surface area contributed by atoms with Crippen molar-refractivity contribution in [2.75, 3.05) is 11.9 Å². The molecule has 0 saturated carbocycles. The van der Waals surface area contributed by atoms with Gasteiger partial charge in [-0.2, -0.15) is 0 Å². The summed E-state index contributed by atoms with van der Waals surface area (Å²) in [5, 5.41) is 21.9. The van der Waals surface area contributed by atoms with Crippen molar-refractivity contribution in [3.8, 4) is 0 Å². The molecule has 0 unspecified atom stereocenters. The van der Waals surface area contributed by atoms with Gasteiger partial charge >= 0.3 is 57.4 Å². The SMILES string of the molecule is Cc1cc(NCC(=O)O)c([N+](=O)[O-])cc1Cl.[KH]. The van der Waals surface area contributed by atoms with Crippen LogP contribution in [0.25, 0.3) is 0 Å². The predicted octanol–water partition coefficient (Wildman–Crippen LogP) is 1.40. The molecule has 1 aromatic carbocycles. The van der Waals surface area contributed by atoms with Crippen molar-refractivity contribution in [3.05, 3.63) is 32.8 Å². The average molecular weight is 285 g/mol. The third-order valence-electron chi connectivity index (χ3n) is 1.90. The third-order valence-corrected chi connectivity index (χ3v) is 2.31. The number of aliphatic carboxylic acids is 1. The van der Waals surface area contributed by atoms with Gasteiger partial charge in [0, 0.05) is 6.07 Å². The van der Waals surface area contributed by atoms with Gasteiger partial charge in [0.15, 0.2) is 0 Å². The van der Waals surface area contributed by atoms with Gasteiger partial charge in [0.1, 0.15) is 12.2 Å². The Hall–Kier alpha value is -0.184. The van der Waals surface area contributed by atoms with E-state index in [0.717, 1.165) is 0 Å². The number of nitrogens with zero attached hydrogens (tertiary/aromatic N) is 1. The molecule has 0 aliphatic heterocycles. The molecule has 0 aliphatic carbocycles. The molecule has 1 aromatic rings. The van der Waals surface area contributed by atoms with Gasteiger partial charge in [-0.15, -0.1) is 0 Å². The number of hydrogen-bond acceptors (Lipinski definition) is 4. The minimum absolute atomic E-state index is 0. The van der Waals surface area contributed by atoms with Gasteiger partial charge in [0.25, 0.3) is 5.69 Å². The summed E-state index contributed by atoms with van der Waals surface area (Å²) < 4.78 is 0. The number of carboxylic acids is 1. The van der Waals surface area contributed by atoms with Crippen LogP contribution in [0.4, 0.5) is 11.4 Å². The standard InChI is InChI=1S/C9H9ClN2O4.K.H/c1-5-2-7(11-4-9(13)14)8(12(15)16)3-6(5)10;;/h2-3,11H,4H2,1H3,(H,13,14);;. The van der Waals surface area contributed by atoms with Gasteiger partial charge in [0.05, 0.1) is 9.95 Å². The van der Waals surface area contributed by atoms with E-state index in [4.69, 9.17) is 16.7 Å². The maximum atomic E-state index is 10.7. The Labute approximate surface area is 145 Å². The van der Waals surface area contributed by atoms with Crippen LogP contribution in [-0.2, 0) is 4.79 Å². The van der Waals surface area contributed by atoms with E-state index in [1.165, 1.54) is 12.1 Å². The Morgan fingerprint density at radius 1 is 1.59 bits per heavy atom. The molecule has 17 heavy (non-hydrogen) atoms. The number of rotatable bonds is 4. The maximum absolute atomic E-state index is 10.7. The normalized spacial score (nSPS) is 9.29. The number of halogens is 1. The molecule has 88 valence electrons. The molecule has 0 atom stereocenters. The van der Waals surface area contributed by atoms with E-state index in [-0.39, 0.29) is 74.3 Å². The molecule has 0 bridgehead atoms. The van der Waals surface area contributed by atoms with E-state index < -0.39 is 10.9 Å². The molecule has 0 radical (unpaired) electrons. The molecule has 0 amide bonds. The minimum atomic E-state index is -1.10. The number of carbonyl (C=O) groups is 1. The number of nitro benzene ring substituents is 1. The van der Waals surface area contributed by atoms with Crippen LogP contribution < -0.4 is 5.32 Å². The molecule has 0 spiro atoms. The van der Waals surface area contributed by atoms with Crippen molar-refractivity contribution in [1.82, 2.24) is 0 Å². The molecule has 6 nitrogen and oxygen atoms in total. The number of carboxylic acid groups (broad SMARTS) is 1. The molecule has 0 aromatic heterocycles. The van der Waals surface area contributed by atoms with E-state index in [9.17, 15) is 14.9 Å². The van der Waals surface area contributed by atoms with Crippen molar-refractivity contribution in [2.24, 2.45) is 0 Å². The fraction of sp³-hybridized carbons (Fsp3) is 0.222. The quantitative estimate of drug-likeness (QED) is 0.495. The van der Waals surface area contributed by atoms with Gasteiger partial charge in [0.2, 0.25) is 0 Å².